The quantitative estimate of drug-likeness (QED) is 0.554. The topological polar surface area (TPSA) is 26.3 Å². The van der Waals surface area contributed by atoms with Gasteiger partial charge in [-0.05, 0) is 59.6 Å². The zero-order valence-corrected chi connectivity index (χ0v) is 13.7. The van der Waals surface area contributed by atoms with Crippen molar-refractivity contribution in [1.29, 1.82) is 0 Å². The van der Waals surface area contributed by atoms with E-state index in [0.29, 0.717) is 5.75 Å². The van der Waals surface area contributed by atoms with E-state index in [1.165, 1.54) is 42.9 Å². The summed E-state index contributed by atoms with van der Waals surface area (Å²) in [6, 6.07) is 16.4. The van der Waals surface area contributed by atoms with Crippen LogP contribution in [0, 0.1) is 5.92 Å². The molecule has 0 aliphatic heterocycles. The van der Waals surface area contributed by atoms with Crippen molar-refractivity contribution in [1.82, 2.24) is 0 Å². The van der Waals surface area contributed by atoms with E-state index in [9.17, 15) is 4.79 Å². The van der Waals surface area contributed by atoms with Crippen molar-refractivity contribution >= 4 is 11.5 Å². The van der Waals surface area contributed by atoms with Crippen molar-refractivity contribution in [2.75, 3.05) is 0 Å². The Hall–Kier alpha value is -2.35. The van der Waals surface area contributed by atoms with Crippen LogP contribution in [-0.2, 0) is 4.79 Å². The van der Waals surface area contributed by atoms with Crippen LogP contribution in [0.3, 0.4) is 0 Å². The minimum atomic E-state index is -0.294. The average molecular weight is 306 g/mol. The second-order valence-corrected chi connectivity index (χ2v) is 6.30. The molecule has 0 bridgehead atoms. The molecular formula is C21H22O2. The Kier molecular flexibility index (Phi) is 4.61. The monoisotopic (exact) mass is 306 g/mol. The molecule has 0 amide bonds. The van der Waals surface area contributed by atoms with Crippen molar-refractivity contribution in [3.8, 4) is 16.9 Å². The number of carbonyl (C=O) groups is 1. The van der Waals surface area contributed by atoms with Gasteiger partial charge in [-0.3, -0.25) is 4.79 Å². The summed E-state index contributed by atoms with van der Waals surface area (Å²) in [5, 5.41) is 0. The first-order chi connectivity index (χ1) is 11.1. The van der Waals surface area contributed by atoms with Gasteiger partial charge in [-0.2, -0.15) is 0 Å². The molecule has 1 atom stereocenters. The van der Waals surface area contributed by atoms with E-state index in [2.05, 4.69) is 37.3 Å². The summed E-state index contributed by atoms with van der Waals surface area (Å²) >= 11 is 0. The third-order valence-electron chi connectivity index (χ3n) is 4.38. The molecular weight excluding hydrogens is 284 g/mol. The Labute approximate surface area is 137 Å². The van der Waals surface area contributed by atoms with E-state index in [1.54, 1.807) is 0 Å². The van der Waals surface area contributed by atoms with Gasteiger partial charge in [0, 0.05) is 6.92 Å². The molecule has 2 nitrogen and oxygen atoms in total. The molecule has 0 saturated carbocycles. The first-order valence-corrected chi connectivity index (χ1v) is 8.20. The maximum absolute atomic E-state index is 10.9. The van der Waals surface area contributed by atoms with Gasteiger partial charge < -0.3 is 4.74 Å². The second-order valence-electron chi connectivity index (χ2n) is 6.30. The van der Waals surface area contributed by atoms with Crippen molar-refractivity contribution < 1.29 is 9.53 Å². The van der Waals surface area contributed by atoms with Gasteiger partial charge in [0.1, 0.15) is 5.75 Å². The minimum Gasteiger partial charge on any atom is -0.427 e. The number of rotatable bonds is 3. The van der Waals surface area contributed by atoms with Gasteiger partial charge in [0.25, 0.3) is 0 Å². The highest BCUT2D eigenvalue weighted by atomic mass is 16.5. The average Bonchev–Trinajstić information content (AvgIpc) is 2.56. The largest absolute Gasteiger partial charge is 0.427 e. The first-order valence-electron chi connectivity index (χ1n) is 8.20. The lowest BCUT2D eigenvalue weighted by Crippen LogP contribution is -2.01. The molecule has 0 N–H and O–H groups in total. The Morgan fingerprint density at radius 3 is 2.04 bits per heavy atom. The third kappa shape index (κ3) is 3.89. The molecule has 0 saturated heterocycles. The van der Waals surface area contributed by atoms with Crippen LogP contribution >= 0.6 is 0 Å². The highest BCUT2D eigenvalue weighted by molar-refractivity contribution is 5.72. The number of hydrogen-bond acceptors (Lipinski definition) is 2. The van der Waals surface area contributed by atoms with Crippen molar-refractivity contribution in [3.63, 3.8) is 0 Å². The lowest BCUT2D eigenvalue weighted by Gasteiger charge is -2.18. The summed E-state index contributed by atoms with van der Waals surface area (Å²) in [5.74, 6) is 1.10. The van der Waals surface area contributed by atoms with E-state index in [-0.39, 0.29) is 5.97 Å². The SMILES string of the molecule is CC(=O)Oc1ccc(-c2ccc(C3=CCC(C)CC3)cc2)cc1. The molecule has 2 aromatic rings. The fraction of sp³-hybridized carbons (Fsp3) is 0.286. The molecule has 1 aliphatic carbocycles. The molecule has 3 rings (SSSR count). The van der Waals surface area contributed by atoms with Crippen molar-refractivity contribution in [3.05, 3.63) is 60.2 Å². The van der Waals surface area contributed by atoms with Crippen LogP contribution in [0.4, 0.5) is 0 Å². The van der Waals surface area contributed by atoms with Crippen LogP contribution < -0.4 is 4.74 Å². The summed E-state index contributed by atoms with van der Waals surface area (Å²) in [6.07, 6.45) is 6.04. The predicted molar refractivity (Wildman–Crippen MR) is 94.2 cm³/mol. The lowest BCUT2D eigenvalue weighted by atomic mass is 9.87. The van der Waals surface area contributed by atoms with Crippen molar-refractivity contribution in [2.24, 2.45) is 5.92 Å². The van der Waals surface area contributed by atoms with E-state index in [0.717, 1.165) is 11.5 Å². The molecule has 2 aromatic carbocycles. The zero-order valence-electron chi connectivity index (χ0n) is 13.7. The van der Waals surface area contributed by atoms with Crippen LogP contribution in [-0.4, -0.2) is 5.97 Å². The molecule has 1 aliphatic rings. The minimum absolute atomic E-state index is 0.294. The van der Waals surface area contributed by atoms with Crippen LogP contribution in [0.25, 0.3) is 16.7 Å². The Bertz CT molecular complexity index is 709. The molecule has 0 radical (unpaired) electrons. The maximum atomic E-state index is 10.9. The number of carbonyl (C=O) groups excluding carboxylic acids is 1. The van der Waals surface area contributed by atoms with Crippen LogP contribution in [0.2, 0.25) is 0 Å². The second kappa shape index (κ2) is 6.82. The summed E-state index contributed by atoms with van der Waals surface area (Å²) in [7, 11) is 0. The summed E-state index contributed by atoms with van der Waals surface area (Å²) < 4.78 is 5.07. The molecule has 118 valence electrons. The molecule has 2 heteroatoms. The van der Waals surface area contributed by atoms with Gasteiger partial charge in [-0.15, -0.1) is 0 Å². The van der Waals surface area contributed by atoms with Crippen LogP contribution in [0.5, 0.6) is 5.75 Å². The Morgan fingerprint density at radius 2 is 1.52 bits per heavy atom. The maximum Gasteiger partial charge on any atom is 0.308 e. The first kappa shape index (κ1) is 15.5. The van der Waals surface area contributed by atoms with Gasteiger partial charge in [0.15, 0.2) is 0 Å². The highest BCUT2D eigenvalue weighted by Gasteiger charge is 2.11. The summed E-state index contributed by atoms with van der Waals surface area (Å²) in [4.78, 5) is 10.9. The number of allylic oxidation sites excluding steroid dienone is 2. The highest BCUT2D eigenvalue weighted by Crippen LogP contribution is 2.31. The number of hydrogen-bond donors (Lipinski definition) is 0. The summed E-state index contributed by atoms with van der Waals surface area (Å²) in [5.41, 5.74) is 5.10. The number of benzene rings is 2. The van der Waals surface area contributed by atoms with Gasteiger partial charge in [0.05, 0.1) is 0 Å². The Morgan fingerprint density at radius 1 is 0.957 bits per heavy atom. The standard InChI is InChI=1S/C21H22O2/c1-15-3-5-17(6-4-15)18-7-9-19(10-8-18)20-11-13-21(14-12-20)23-16(2)22/h5,7-15H,3-4,6H2,1-2H3. The van der Waals surface area contributed by atoms with Gasteiger partial charge in [0.2, 0.25) is 0 Å². The van der Waals surface area contributed by atoms with E-state index in [1.807, 2.05) is 24.3 Å². The van der Waals surface area contributed by atoms with E-state index in [4.69, 9.17) is 4.74 Å². The fourth-order valence-electron chi connectivity index (χ4n) is 2.99. The number of ether oxygens (including phenoxy) is 1. The predicted octanol–water partition coefficient (Wildman–Crippen LogP) is 5.48. The number of esters is 1. The van der Waals surface area contributed by atoms with E-state index >= 15 is 0 Å². The Balaban J connectivity index is 1.75. The van der Waals surface area contributed by atoms with Gasteiger partial charge in [-0.1, -0.05) is 49.4 Å². The molecule has 0 aromatic heterocycles. The van der Waals surface area contributed by atoms with Gasteiger partial charge in [-0.25, -0.2) is 0 Å². The normalized spacial score (nSPS) is 17.5. The zero-order chi connectivity index (χ0) is 16.2. The lowest BCUT2D eigenvalue weighted by molar-refractivity contribution is -0.131. The fourth-order valence-corrected chi connectivity index (χ4v) is 2.99. The molecule has 23 heavy (non-hydrogen) atoms. The van der Waals surface area contributed by atoms with Crippen LogP contribution in [0.1, 0.15) is 38.7 Å². The summed E-state index contributed by atoms with van der Waals surface area (Å²) in [6.45, 7) is 3.73. The van der Waals surface area contributed by atoms with E-state index < -0.39 is 0 Å². The molecule has 1 unspecified atom stereocenters. The van der Waals surface area contributed by atoms with Crippen LogP contribution in [0.15, 0.2) is 54.6 Å². The van der Waals surface area contributed by atoms with Gasteiger partial charge >= 0.3 is 5.97 Å². The molecule has 0 fully saturated rings. The molecule has 0 spiro atoms. The molecule has 0 heterocycles. The third-order valence-corrected chi connectivity index (χ3v) is 4.38. The van der Waals surface area contributed by atoms with Crippen molar-refractivity contribution in [2.45, 2.75) is 33.1 Å². The smallest absolute Gasteiger partial charge is 0.308 e.